The van der Waals surface area contributed by atoms with Gasteiger partial charge in [-0.05, 0) is 24.8 Å². The number of aldehydes is 1. The molecule has 3 atom stereocenters. The summed E-state index contributed by atoms with van der Waals surface area (Å²) in [5, 5.41) is 10.1. The van der Waals surface area contributed by atoms with Crippen molar-refractivity contribution in [3.63, 3.8) is 0 Å². The van der Waals surface area contributed by atoms with Crippen LogP contribution in [0.4, 0.5) is 0 Å². The van der Waals surface area contributed by atoms with Crippen LogP contribution in [0.1, 0.15) is 26.3 Å². The van der Waals surface area contributed by atoms with Crippen LogP contribution in [0.3, 0.4) is 0 Å². The van der Waals surface area contributed by atoms with Gasteiger partial charge in [-0.3, -0.25) is 0 Å². The third kappa shape index (κ3) is 7.16. The van der Waals surface area contributed by atoms with Gasteiger partial charge in [-0.15, -0.1) is 0 Å². The quantitative estimate of drug-likeness (QED) is 0.504. The van der Waals surface area contributed by atoms with Crippen LogP contribution in [0, 0.1) is 11.8 Å². The van der Waals surface area contributed by atoms with Crippen LogP contribution in [0.25, 0.3) is 0 Å². The molecule has 0 aliphatic carbocycles. The molecule has 1 aromatic rings. The van der Waals surface area contributed by atoms with E-state index in [0.29, 0.717) is 19.1 Å². The second-order valence-corrected chi connectivity index (χ2v) is 6.09. The molecule has 0 radical (unpaired) electrons. The molecule has 0 saturated heterocycles. The van der Waals surface area contributed by atoms with Gasteiger partial charge in [0.15, 0.2) is 0 Å². The summed E-state index contributed by atoms with van der Waals surface area (Å²) in [5.74, 6) is 0.399. The molecule has 0 spiro atoms. The van der Waals surface area contributed by atoms with Gasteiger partial charge in [-0.1, -0.05) is 44.2 Å². The molecule has 4 heteroatoms. The molecule has 0 heterocycles. The van der Waals surface area contributed by atoms with Crippen molar-refractivity contribution in [1.82, 2.24) is 0 Å². The normalized spacial score (nSPS) is 15.5. The number of hydrogen-bond acceptors (Lipinski definition) is 4. The molecule has 0 saturated carbocycles. The maximum atomic E-state index is 10.5. The fraction of sp³-hybridized carbons (Fsp3) is 0.611. The van der Waals surface area contributed by atoms with Crippen molar-refractivity contribution in [2.75, 3.05) is 19.8 Å². The van der Waals surface area contributed by atoms with E-state index >= 15 is 0 Å². The second-order valence-electron chi connectivity index (χ2n) is 6.09. The monoisotopic (exact) mass is 308 g/mol. The van der Waals surface area contributed by atoms with Gasteiger partial charge in [0, 0.05) is 12.5 Å². The van der Waals surface area contributed by atoms with E-state index in [1.165, 1.54) is 5.56 Å². The summed E-state index contributed by atoms with van der Waals surface area (Å²) >= 11 is 0. The van der Waals surface area contributed by atoms with E-state index in [-0.39, 0.29) is 18.6 Å². The number of carbonyl (C=O) groups excluding carboxylic acids is 1. The van der Waals surface area contributed by atoms with Gasteiger partial charge in [0.2, 0.25) is 0 Å². The predicted molar refractivity (Wildman–Crippen MR) is 86.8 cm³/mol. The molecule has 0 aliphatic rings. The highest BCUT2D eigenvalue weighted by Crippen LogP contribution is 2.20. The molecule has 0 fully saturated rings. The fourth-order valence-corrected chi connectivity index (χ4v) is 2.43. The summed E-state index contributed by atoms with van der Waals surface area (Å²) in [6.45, 7) is 6.95. The van der Waals surface area contributed by atoms with Crippen molar-refractivity contribution in [1.29, 1.82) is 0 Å². The fourth-order valence-electron chi connectivity index (χ4n) is 2.43. The lowest BCUT2D eigenvalue weighted by molar-refractivity contribution is -0.115. The Morgan fingerprint density at radius 3 is 2.36 bits per heavy atom. The first-order chi connectivity index (χ1) is 10.5. The van der Waals surface area contributed by atoms with Crippen LogP contribution in [0.5, 0.6) is 0 Å². The zero-order valence-corrected chi connectivity index (χ0v) is 13.8. The largest absolute Gasteiger partial charge is 0.391 e. The molecule has 22 heavy (non-hydrogen) atoms. The van der Waals surface area contributed by atoms with Crippen molar-refractivity contribution in [3.05, 3.63) is 35.9 Å². The van der Waals surface area contributed by atoms with E-state index in [0.717, 1.165) is 12.7 Å². The van der Waals surface area contributed by atoms with Gasteiger partial charge >= 0.3 is 0 Å². The molecule has 0 bridgehead atoms. The first kappa shape index (κ1) is 18.8. The van der Waals surface area contributed by atoms with Gasteiger partial charge in [0.05, 0.1) is 18.8 Å². The minimum absolute atomic E-state index is 0.00102. The van der Waals surface area contributed by atoms with Crippen LogP contribution >= 0.6 is 0 Å². The molecule has 0 aliphatic heterocycles. The second kappa shape index (κ2) is 10.5. The van der Waals surface area contributed by atoms with Gasteiger partial charge in [0.1, 0.15) is 12.9 Å². The molecule has 0 amide bonds. The summed E-state index contributed by atoms with van der Waals surface area (Å²) in [7, 11) is 0. The van der Waals surface area contributed by atoms with E-state index in [1.807, 2.05) is 30.3 Å². The highest BCUT2D eigenvalue weighted by Gasteiger charge is 2.27. The van der Waals surface area contributed by atoms with E-state index in [2.05, 4.69) is 13.8 Å². The zero-order valence-electron chi connectivity index (χ0n) is 13.8. The number of aliphatic hydroxyl groups is 1. The van der Waals surface area contributed by atoms with Crippen molar-refractivity contribution < 1.29 is 19.4 Å². The number of aliphatic hydroxyl groups excluding tert-OH is 1. The lowest BCUT2D eigenvalue weighted by atomic mass is 9.91. The van der Waals surface area contributed by atoms with E-state index in [9.17, 15) is 9.90 Å². The van der Waals surface area contributed by atoms with E-state index < -0.39 is 6.10 Å². The molecule has 0 unspecified atom stereocenters. The highest BCUT2D eigenvalue weighted by molar-refractivity contribution is 5.50. The minimum atomic E-state index is -0.590. The van der Waals surface area contributed by atoms with Gasteiger partial charge < -0.3 is 19.4 Å². The van der Waals surface area contributed by atoms with Crippen molar-refractivity contribution in [2.24, 2.45) is 11.8 Å². The smallest absolute Gasteiger partial charge is 0.145 e. The van der Waals surface area contributed by atoms with Crippen LogP contribution in [0.2, 0.25) is 0 Å². The molecule has 1 rings (SSSR count). The lowest BCUT2D eigenvalue weighted by Gasteiger charge is -2.30. The Morgan fingerprint density at radius 1 is 1.14 bits per heavy atom. The first-order valence-corrected chi connectivity index (χ1v) is 7.89. The standard InChI is InChI=1S/C18H28O4/c1-14(2)12-22-18(15(3)20)17(13-21-10-9-19)11-16-7-5-4-6-8-16/h4-9,14-15,17-18,20H,10-13H2,1-3H3/t15-,17-,18-/m0/s1. The summed E-state index contributed by atoms with van der Waals surface area (Å²) < 4.78 is 11.3. The lowest BCUT2D eigenvalue weighted by Crippen LogP contribution is -2.39. The third-order valence-electron chi connectivity index (χ3n) is 3.42. The Balaban J connectivity index is 2.77. The molecule has 0 aromatic heterocycles. The summed E-state index contributed by atoms with van der Waals surface area (Å²) in [5.41, 5.74) is 1.17. The van der Waals surface area contributed by atoms with Gasteiger partial charge in [0.25, 0.3) is 0 Å². The van der Waals surface area contributed by atoms with E-state index in [1.54, 1.807) is 6.92 Å². The summed E-state index contributed by atoms with van der Waals surface area (Å²) in [6.07, 6.45) is 0.584. The van der Waals surface area contributed by atoms with Gasteiger partial charge in [-0.2, -0.15) is 0 Å². The van der Waals surface area contributed by atoms with Crippen LogP contribution in [0.15, 0.2) is 30.3 Å². The Morgan fingerprint density at radius 2 is 1.82 bits per heavy atom. The van der Waals surface area contributed by atoms with Crippen molar-refractivity contribution >= 4 is 6.29 Å². The number of benzene rings is 1. The Hall–Kier alpha value is -1.23. The molecular weight excluding hydrogens is 280 g/mol. The Labute approximate surface area is 133 Å². The van der Waals surface area contributed by atoms with E-state index in [4.69, 9.17) is 9.47 Å². The first-order valence-electron chi connectivity index (χ1n) is 7.89. The zero-order chi connectivity index (χ0) is 16.4. The average molecular weight is 308 g/mol. The minimum Gasteiger partial charge on any atom is -0.391 e. The van der Waals surface area contributed by atoms with Gasteiger partial charge in [-0.25, -0.2) is 0 Å². The van der Waals surface area contributed by atoms with Crippen LogP contribution < -0.4 is 0 Å². The maximum Gasteiger partial charge on any atom is 0.145 e. The topological polar surface area (TPSA) is 55.8 Å². The molecule has 1 N–H and O–H groups in total. The summed E-state index contributed by atoms with van der Waals surface area (Å²) in [4.78, 5) is 10.5. The molecule has 1 aromatic carbocycles. The maximum absolute atomic E-state index is 10.5. The van der Waals surface area contributed by atoms with Crippen LogP contribution in [-0.2, 0) is 20.7 Å². The Kier molecular flexibility index (Phi) is 8.97. The van der Waals surface area contributed by atoms with Crippen molar-refractivity contribution in [2.45, 2.75) is 39.4 Å². The summed E-state index contributed by atoms with van der Waals surface area (Å²) in [6, 6.07) is 10.1. The third-order valence-corrected chi connectivity index (χ3v) is 3.42. The predicted octanol–water partition coefficient (Wildman–Crippen LogP) is 2.48. The Bertz CT molecular complexity index is 403. The molecule has 4 nitrogen and oxygen atoms in total. The number of ether oxygens (including phenoxy) is 2. The number of rotatable bonds is 11. The van der Waals surface area contributed by atoms with Crippen LogP contribution in [-0.4, -0.2) is 43.4 Å². The highest BCUT2D eigenvalue weighted by atomic mass is 16.5. The number of hydrogen-bond donors (Lipinski definition) is 1. The number of carbonyl (C=O) groups is 1. The molecule has 124 valence electrons. The average Bonchev–Trinajstić information content (AvgIpc) is 2.47. The molecular formula is C18H28O4. The van der Waals surface area contributed by atoms with Crippen molar-refractivity contribution in [3.8, 4) is 0 Å². The SMILES string of the molecule is CC(C)CO[C@H]([C@H](COCC=O)Cc1ccccc1)[C@H](C)O.